The molecule has 2 aromatic carbocycles. The second-order valence-electron chi connectivity index (χ2n) is 7.79. The van der Waals surface area contributed by atoms with Gasteiger partial charge < -0.3 is 19.1 Å². The van der Waals surface area contributed by atoms with Gasteiger partial charge in [0.1, 0.15) is 5.75 Å². The lowest BCUT2D eigenvalue weighted by atomic mass is 10.2. The molecule has 0 aliphatic carbocycles. The number of anilines is 2. The number of rotatable bonds is 5. The van der Waals surface area contributed by atoms with Crippen molar-refractivity contribution >= 4 is 17.6 Å². The minimum absolute atomic E-state index is 0.0580. The summed E-state index contributed by atoms with van der Waals surface area (Å²) in [5, 5.41) is 4.13. The van der Waals surface area contributed by atoms with E-state index in [9.17, 15) is 4.79 Å². The van der Waals surface area contributed by atoms with Crippen LogP contribution in [0.2, 0.25) is 0 Å². The zero-order valence-corrected chi connectivity index (χ0v) is 17.5. The molecule has 160 valence electrons. The molecule has 2 aliphatic heterocycles. The summed E-state index contributed by atoms with van der Waals surface area (Å²) in [7, 11) is 1.63. The average molecular weight is 419 g/mol. The summed E-state index contributed by atoms with van der Waals surface area (Å²) < 4.78 is 10.8. The third-order valence-electron chi connectivity index (χ3n) is 6.01. The minimum Gasteiger partial charge on any atom is -0.497 e. The lowest BCUT2D eigenvalue weighted by molar-refractivity contribution is -0.121. The summed E-state index contributed by atoms with van der Waals surface area (Å²) in [4.78, 5) is 23.8. The molecule has 8 nitrogen and oxygen atoms in total. The number of aromatic nitrogens is 2. The summed E-state index contributed by atoms with van der Waals surface area (Å²) in [6.07, 6.45) is 0.855. The molecule has 2 saturated heterocycles. The van der Waals surface area contributed by atoms with Crippen LogP contribution in [0.5, 0.6) is 5.75 Å². The van der Waals surface area contributed by atoms with Gasteiger partial charge in [0.25, 0.3) is 0 Å². The van der Waals surface area contributed by atoms with Crippen molar-refractivity contribution in [2.75, 3.05) is 49.6 Å². The maximum absolute atomic E-state index is 13.0. The normalized spacial score (nSPS) is 19.8. The molecule has 0 saturated carbocycles. The molecular weight excluding hydrogens is 394 g/mol. The van der Waals surface area contributed by atoms with Crippen molar-refractivity contribution in [1.29, 1.82) is 0 Å². The Labute approximate surface area is 181 Å². The number of amides is 1. The van der Waals surface area contributed by atoms with Crippen LogP contribution in [0.25, 0.3) is 11.4 Å². The van der Waals surface area contributed by atoms with Crippen LogP contribution in [-0.4, -0.2) is 66.8 Å². The molecule has 0 bridgehead atoms. The third kappa shape index (κ3) is 3.86. The van der Waals surface area contributed by atoms with E-state index in [0.717, 1.165) is 56.1 Å². The van der Waals surface area contributed by atoms with Gasteiger partial charge in [0.05, 0.1) is 13.2 Å². The van der Waals surface area contributed by atoms with Crippen molar-refractivity contribution < 1.29 is 14.1 Å². The highest BCUT2D eigenvalue weighted by atomic mass is 16.5. The van der Waals surface area contributed by atoms with E-state index in [-0.39, 0.29) is 11.9 Å². The lowest BCUT2D eigenvalue weighted by Gasteiger charge is -2.36. The van der Waals surface area contributed by atoms with E-state index >= 15 is 0 Å². The fraction of sp³-hybridized carbons (Fsp3) is 0.348. The molecule has 8 heteroatoms. The van der Waals surface area contributed by atoms with E-state index in [1.165, 1.54) is 0 Å². The van der Waals surface area contributed by atoms with Crippen LogP contribution in [0.4, 0.5) is 11.7 Å². The fourth-order valence-corrected chi connectivity index (χ4v) is 4.32. The van der Waals surface area contributed by atoms with Gasteiger partial charge in [0, 0.05) is 44.0 Å². The number of ether oxygens (including phenoxy) is 1. The van der Waals surface area contributed by atoms with Gasteiger partial charge in [-0.05, 0) is 30.7 Å². The number of carbonyl (C=O) groups is 1. The minimum atomic E-state index is -0.0580. The van der Waals surface area contributed by atoms with Crippen LogP contribution in [0.15, 0.2) is 59.1 Å². The summed E-state index contributed by atoms with van der Waals surface area (Å²) in [5.41, 5.74) is 1.83. The summed E-state index contributed by atoms with van der Waals surface area (Å²) in [6.45, 7) is 3.83. The summed E-state index contributed by atoms with van der Waals surface area (Å²) in [5.74, 6) is 1.49. The maximum Gasteiger partial charge on any atom is 0.324 e. The zero-order valence-electron chi connectivity index (χ0n) is 17.5. The van der Waals surface area contributed by atoms with E-state index in [0.29, 0.717) is 11.8 Å². The molecule has 1 amide bonds. The first kappa shape index (κ1) is 19.6. The van der Waals surface area contributed by atoms with Gasteiger partial charge in [-0.3, -0.25) is 9.69 Å². The van der Waals surface area contributed by atoms with Gasteiger partial charge in [-0.15, -0.1) is 0 Å². The molecule has 0 spiro atoms. The maximum atomic E-state index is 13.0. The van der Waals surface area contributed by atoms with Crippen molar-refractivity contribution in [2.45, 2.75) is 12.5 Å². The molecule has 3 aromatic rings. The second-order valence-corrected chi connectivity index (χ2v) is 7.79. The first-order chi connectivity index (χ1) is 15.2. The third-order valence-corrected chi connectivity index (χ3v) is 6.01. The molecule has 2 fully saturated rings. The number of nitrogens with zero attached hydrogens (tertiary/aromatic N) is 5. The summed E-state index contributed by atoms with van der Waals surface area (Å²) >= 11 is 0. The summed E-state index contributed by atoms with van der Waals surface area (Å²) in [6, 6.07) is 18.0. The van der Waals surface area contributed by atoms with E-state index in [2.05, 4.69) is 19.9 Å². The molecule has 3 heterocycles. The SMILES string of the molecule is COc1cccc(-c2noc(N3CCN(C4CCN(c5ccccc5)C4=O)CC3)n2)c1. The highest BCUT2D eigenvalue weighted by Crippen LogP contribution is 2.27. The Kier molecular flexibility index (Phi) is 5.30. The molecule has 1 unspecified atom stereocenters. The Morgan fingerprint density at radius 1 is 1.00 bits per heavy atom. The Bertz CT molecular complexity index is 1050. The van der Waals surface area contributed by atoms with Gasteiger partial charge in [-0.25, -0.2) is 0 Å². The molecule has 1 aromatic heterocycles. The van der Waals surface area contributed by atoms with E-state index in [1.807, 2.05) is 59.5 Å². The quantitative estimate of drug-likeness (QED) is 0.629. The largest absolute Gasteiger partial charge is 0.497 e. The Morgan fingerprint density at radius 3 is 2.58 bits per heavy atom. The Morgan fingerprint density at radius 2 is 1.81 bits per heavy atom. The van der Waals surface area contributed by atoms with Crippen LogP contribution in [-0.2, 0) is 4.79 Å². The molecule has 1 atom stereocenters. The van der Waals surface area contributed by atoms with Crippen molar-refractivity contribution in [3.63, 3.8) is 0 Å². The lowest BCUT2D eigenvalue weighted by Crippen LogP contribution is -2.52. The van der Waals surface area contributed by atoms with E-state index in [1.54, 1.807) is 7.11 Å². The van der Waals surface area contributed by atoms with Crippen molar-refractivity contribution in [3.8, 4) is 17.1 Å². The average Bonchev–Trinajstić information content (AvgIpc) is 3.47. The van der Waals surface area contributed by atoms with E-state index in [4.69, 9.17) is 9.26 Å². The topological polar surface area (TPSA) is 74.9 Å². The fourth-order valence-electron chi connectivity index (χ4n) is 4.32. The number of para-hydroxylation sites is 1. The van der Waals surface area contributed by atoms with Gasteiger partial charge in [-0.1, -0.05) is 35.5 Å². The van der Waals surface area contributed by atoms with Gasteiger partial charge in [0.2, 0.25) is 11.7 Å². The number of hydrogen-bond donors (Lipinski definition) is 0. The van der Waals surface area contributed by atoms with Crippen LogP contribution in [0, 0.1) is 0 Å². The predicted molar refractivity (Wildman–Crippen MR) is 117 cm³/mol. The predicted octanol–water partition coefficient (Wildman–Crippen LogP) is 2.67. The number of benzene rings is 2. The standard InChI is InChI=1S/C23H25N5O3/c1-30-19-9-5-6-17(16-19)21-24-23(31-25-21)27-14-12-26(13-15-27)20-10-11-28(22(20)29)18-7-3-2-4-8-18/h2-9,16,20H,10-15H2,1H3. The monoisotopic (exact) mass is 419 g/mol. The van der Waals surface area contributed by atoms with E-state index < -0.39 is 0 Å². The van der Waals surface area contributed by atoms with Crippen LogP contribution >= 0.6 is 0 Å². The van der Waals surface area contributed by atoms with Gasteiger partial charge >= 0.3 is 6.01 Å². The van der Waals surface area contributed by atoms with Crippen LogP contribution < -0.4 is 14.5 Å². The molecular formula is C23H25N5O3. The number of carbonyl (C=O) groups excluding carboxylic acids is 1. The zero-order chi connectivity index (χ0) is 21.2. The van der Waals surface area contributed by atoms with Gasteiger partial charge in [0.15, 0.2) is 0 Å². The first-order valence-corrected chi connectivity index (χ1v) is 10.6. The Balaban J connectivity index is 1.21. The number of methoxy groups -OCH3 is 1. The molecule has 31 heavy (non-hydrogen) atoms. The molecule has 0 N–H and O–H groups in total. The van der Waals surface area contributed by atoms with Crippen molar-refractivity contribution in [2.24, 2.45) is 0 Å². The molecule has 2 aliphatic rings. The van der Waals surface area contributed by atoms with Crippen LogP contribution in [0.1, 0.15) is 6.42 Å². The second kappa shape index (κ2) is 8.39. The molecule has 5 rings (SSSR count). The smallest absolute Gasteiger partial charge is 0.324 e. The van der Waals surface area contributed by atoms with Crippen molar-refractivity contribution in [3.05, 3.63) is 54.6 Å². The van der Waals surface area contributed by atoms with Gasteiger partial charge in [-0.2, -0.15) is 4.98 Å². The van der Waals surface area contributed by atoms with Crippen molar-refractivity contribution in [1.82, 2.24) is 15.0 Å². The Hall–Kier alpha value is -3.39. The van der Waals surface area contributed by atoms with Crippen LogP contribution in [0.3, 0.4) is 0 Å². The molecule has 0 radical (unpaired) electrons. The first-order valence-electron chi connectivity index (χ1n) is 10.6. The number of piperazine rings is 1. The number of hydrogen-bond acceptors (Lipinski definition) is 7. The highest BCUT2D eigenvalue weighted by molar-refractivity contribution is 5.99. The highest BCUT2D eigenvalue weighted by Gasteiger charge is 2.38.